The number of piperidine rings is 1. The van der Waals surface area contributed by atoms with Crippen molar-refractivity contribution in [3.63, 3.8) is 0 Å². The van der Waals surface area contributed by atoms with Crippen LogP contribution in [0.1, 0.15) is 30.1 Å². The van der Waals surface area contributed by atoms with Crippen molar-refractivity contribution in [2.24, 2.45) is 5.92 Å². The number of likely N-dealkylation sites (tertiary alicyclic amines) is 1. The minimum absolute atomic E-state index is 0.129. The van der Waals surface area contributed by atoms with Crippen LogP contribution in [-0.4, -0.2) is 34.5 Å². The summed E-state index contributed by atoms with van der Waals surface area (Å²) in [5.41, 5.74) is -0.950. The minimum Gasteiger partial charge on any atom is -0.481 e. The third kappa shape index (κ3) is 2.65. The number of carbonyl (C=O) groups is 2. The first kappa shape index (κ1) is 16.3. The van der Waals surface area contributed by atoms with Gasteiger partial charge >= 0.3 is 5.97 Å². The molecule has 1 heterocycles. The number of benzene rings is 1. The van der Waals surface area contributed by atoms with Crippen molar-refractivity contribution in [1.82, 2.24) is 4.90 Å². The number of hydrogen-bond donors (Lipinski definition) is 1. The van der Waals surface area contributed by atoms with Gasteiger partial charge in [-0.2, -0.15) is 0 Å². The average molecular weight is 319 g/mol. The highest BCUT2D eigenvalue weighted by Gasteiger charge is 2.37. The van der Waals surface area contributed by atoms with Crippen LogP contribution in [0.3, 0.4) is 0 Å². The van der Waals surface area contributed by atoms with Gasteiger partial charge in [-0.05, 0) is 25.8 Å². The fraction of sp³-hybridized carbons (Fsp3) is 0.429. The molecule has 1 aromatic carbocycles. The Hall–Kier alpha value is -2.12. The zero-order chi connectivity index (χ0) is 16.6. The Morgan fingerprint density at radius 2 is 1.82 bits per heavy atom. The van der Waals surface area contributed by atoms with Crippen LogP contribution in [0, 0.1) is 29.2 Å². The molecule has 0 radical (unpaired) electrons. The molecule has 1 amide bonds. The lowest BCUT2D eigenvalue weighted by Gasteiger charge is -2.37. The number of carbonyl (C=O) groups excluding carboxylic acids is 1. The van der Waals surface area contributed by atoms with Crippen LogP contribution in [0.2, 0.25) is 0 Å². The summed E-state index contributed by atoms with van der Waals surface area (Å²) in [5.74, 6) is -10.5. The van der Waals surface area contributed by atoms with Gasteiger partial charge in [-0.3, -0.25) is 9.59 Å². The molecule has 0 aliphatic carbocycles. The standard InChI is InChI=1S/C14H13F4NO3/c1-6-7(14(21)22)3-2-4-19(6)13(20)8-5-9(15)11(17)12(18)10(8)16/h5-7H,2-4H2,1H3,(H,21,22)/t6-,7-/m1/s1. The third-order valence-electron chi connectivity index (χ3n) is 3.90. The SMILES string of the molecule is C[C@@H]1[C@H](C(=O)O)CCCN1C(=O)c1cc(F)c(F)c(F)c1F. The van der Waals surface area contributed by atoms with E-state index >= 15 is 0 Å². The summed E-state index contributed by atoms with van der Waals surface area (Å²) in [4.78, 5) is 24.4. The first-order valence-corrected chi connectivity index (χ1v) is 6.62. The van der Waals surface area contributed by atoms with Crippen molar-refractivity contribution >= 4 is 11.9 Å². The van der Waals surface area contributed by atoms with E-state index in [9.17, 15) is 27.2 Å². The molecular weight excluding hydrogens is 306 g/mol. The fourth-order valence-corrected chi connectivity index (χ4v) is 2.64. The van der Waals surface area contributed by atoms with Crippen molar-refractivity contribution in [1.29, 1.82) is 0 Å². The predicted octanol–water partition coefficient (Wildman–Crippen LogP) is 2.57. The third-order valence-corrected chi connectivity index (χ3v) is 3.90. The molecule has 1 fully saturated rings. The van der Waals surface area contributed by atoms with Gasteiger partial charge in [-0.1, -0.05) is 0 Å². The van der Waals surface area contributed by atoms with Crippen LogP contribution >= 0.6 is 0 Å². The molecular formula is C14H13F4NO3. The molecule has 1 saturated heterocycles. The molecule has 0 saturated carbocycles. The van der Waals surface area contributed by atoms with Gasteiger partial charge in [0.15, 0.2) is 23.3 Å². The monoisotopic (exact) mass is 319 g/mol. The molecule has 1 N–H and O–H groups in total. The topological polar surface area (TPSA) is 57.6 Å². The van der Waals surface area contributed by atoms with Crippen LogP contribution in [0.25, 0.3) is 0 Å². The van der Waals surface area contributed by atoms with E-state index in [0.717, 1.165) is 4.90 Å². The van der Waals surface area contributed by atoms with Crippen LogP contribution < -0.4 is 0 Å². The Bertz CT molecular complexity index is 635. The first-order chi connectivity index (χ1) is 10.3. The Kier molecular flexibility index (Phi) is 4.39. The van der Waals surface area contributed by atoms with Gasteiger partial charge in [0.05, 0.1) is 11.5 Å². The highest BCUT2D eigenvalue weighted by Crippen LogP contribution is 2.27. The fourth-order valence-electron chi connectivity index (χ4n) is 2.64. The second-order valence-corrected chi connectivity index (χ2v) is 5.17. The van der Waals surface area contributed by atoms with Crippen LogP contribution in [-0.2, 0) is 4.79 Å². The molecule has 0 unspecified atom stereocenters. The number of amides is 1. The maximum Gasteiger partial charge on any atom is 0.308 e. The molecule has 1 aliphatic heterocycles. The number of nitrogens with zero attached hydrogens (tertiary/aromatic N) is 1. The molecule has 8 heteroatoms. The van der Waals surface area contributed by atoms with Crippen molar-refractivity contribution in [2.75, 3.05) is 6.54 Å². The number of hydrogen-bond acceptors (Lipinski definition) is 2. The Morgan fingerprint density at radius 1 is 1.18 bits per heavy atom. The van der Waals surface area contributed by atoms with Gasteiger partial charge in [0.1, 0.15) is 0 Å². The minimum atomic E-state index is -2.07. The highest BCUT2D eigenvalue weighted by atomic mass is 19.2. The van der Waals surface area contributed by atoms with E-state index in [2.05, 4.69) is 0 Å². The summed E-state index contributed by atoms with van der Waals surface area (Å²) in [6, 6.07) is -0.484. The van der Waals surface area contributed by atoms with Gasteiger partial charge in [0.25, 0.3) is 5.91 Å². The molecule has 120 valence electrons. The van der Waals surface area contributed by atoms with E-state index in [1.165, 1.54) is 6.92 Å². The summed E-state index contributed by atoms with van der Waals surface area (Å²) in [6.07, 6.45) is 0.704. The molecule has 4 nitrogen and oxygen atoms in total. The smallest absolute Gasteiger partial charge is 0.308 e. The van der Waals surface area contributed by atoms with E-state index < -0.39 is 52.7 Å². The van der Waals surface area contributed by atoms with Crippen LogP contribution in [0.4, 0.5) is 17.6 Å². The summed E-state index contributed by atoms with van der Waals surface area (Å²) in [6.45, 7) is 1.59. The second-order valence-electron chi connectivity index (χ2n) is 5.17. The Labute approximate surface area is 123 Å². The van der Waals surface area contributed by atoms with E-state index in [4.69, 9.17) is 5.11 Å². The van der Waals surface area contributed by atoms with E-state index in [1.54, 1.807) is 0 Å². The van der Waals surface area contributed by atoms with Gasteiger partial charge < -0.3 is 10.0 Å². The quantitative estimate of drug-likeness (QED) is 0.518. The largest absolute Gasteiger partial charge is 0.481 e. The molecule has 1 aromatic rings. The van der Waals surface area contributed by atoms with Crippen LogP contribution in [0.15, 0.2) is 6.07 Å². The lowest BCUT2D eigenvalue weighted by atomic mass is 9.90. The molecule has 1 aliphatic rings. The predicted molar refractivity (Wildman–Crippen MR) is 67.1 cm³/mol. The zero-order valence-electron chi connectivity index (χ0n) is 11.6. The highest BCUT2D eigenvalue weighted by molar-refractivity contribution is 5.95. The van der Waals surface area contributed by atoms with E-state index in [-0.39, 0.29) is 12.6 Å². The number of rotatable bonds is 2. The maximum absolute atomic E-state index is 13.7. The molecule has 0 spiro atoms. The Balaban J connectivity index is 2.38. The van der Waals surface area contributed by atoms with E-state index in [0.29, 0.717) is 12.8 Å². The number of carboxylic acids is 1. The van der Waals surface area contributed by atoms with Crippen molar-refractivity contribution in [3.05, 3.63) is 34.9 Å². The first-order valence-electron chi connectivity index (χ1n) is 6.62. The second kappa shape index (κ2) is 5.94. The van der Waals surface area contributed by atoms with Gasteiger partial charge in [-0.15, -0.1) is 0 Å². The normalized spacial score (nSPS) is 21.8. The van der Waals surface area contributed by atoms with E-state index in [1.807, 2.05) is 0 Å². The molecule has 0 bridgehead atoms. The van der Waals surface area contributed by atoms with Crippen LogP contribution in [0.5, 0.6) is 0 Å². The summed E-state index contributed by atoms with van der Waals surface area (Å²) in [7, 11) is 0. The van der Waals surface area contributed by atoms with Gasteiger partial charge in [0.2, 0.25) is 0 Å². The molecule has 2 rings (SSSR count). The zero-order valence-corrected chi connectivity index (χ0v) is 11.6. The number of aliphatic carboxylic acids is 1. The van der Waals surface area contributed by atoms with Crippen molar-refractivity contribution in [3.8, 4) is 0 Å². The summed E-state index contributed by atoms with van der Waals surface area (Å²) < 4.78 is 53.0. The lowest BCUT2D eigenvalue weighted by Crippen LogP contribution is -2.49. The van der Waals surface area contributed by atoms with Crippen molar-refractivity contribution in [2.45, 2.75) is 25.8 Å². The number of halogens is 4. The average Bonchev–Trinajstić information content (AvgIpc) is 2.48. The molecule has 0 aromatic heterocycles. The van der Waals surface area contributed by atoms with Gasteiger partial charge in [0, 0.05) is 12.6 Å². The summed E-state index contributed by atoms with van der Waals surface area (Å²) >= 11 is 0. The lowest BCUT2D eigenvalue weighted by molar-refractivity contribution is -0.144. The van der Waals surface area contributed by atoms with Crippen molar-refractivity contribution < 1.29 is 32.3 Å². The Morgan fingerprint density at radius 3 is 2.41 bits per heavy atom. The number of carboxylic acid groups (broad SMARTS) is 1. The molecule has 22 heavy (non-hydrogen) atoms. The summed E-state index contributed by atoms with van der Waals surface area (Å²) in [5, 5.41) is 9.08. The molecule has 2 atom stereocenters. The van der Waals surface area contributed by atoms with Gasteiger partial charge in [-0.25, -0.2) is 17.6 Å². The maximum atomic E-state index is 13.7.